The van der Waals surface area contributed by atoms with E-state index in [-0.39, 0.29) is 17.6 Å². The van der Waals surface area contributed by atoms with Gasteiger partial charge in [-0.2, -0.15) is 0 Å². The minimum Gasteiger partial charge on any atom is -0.465 e. The third kappa shape index (κ3) is 5.60. The third-order valence-electron chi connectivity index (χ3n) is 7.15. The van der Waals surface area contributed by atoms with Gasteiger partial charge in [0, 0.05) is 53.3 Å². The molecule has 1 N–H and O–H groups in total. The Morgan fingerprint density at radius 3 is 2.46 bits per heavy atom. The van der Waals surface area contributed by atoms with E-state index in [9.17, 15) is 19.7 Å². The van der Waals surface area contributed by atoms with Crippen LogP contribution >= 0.6 is 46.5 Å². The van der Waals surface area contributed by atoms with E-state index in [1.165, 1.54) is 41.9 Å². The number of non-ortho nitro benzene ring substituents is 1. The molecule has 2 aromatic heterocycles. The SMILES string of the molecule is COC(=O)c1c(NC(=S)N2CCN(C(=O)c3sc4cc([N+](=O)[O-])ccc4c3Cl)CC2)sc2c1CCCCCC2. The van der Waals surface area contributed by atoms with Crippen molar-refractivity contribution in [3.05, 3.63) is 54.2 Å². The number of nitrogens with one attached hydrogen (secondary N) is 1. The van der Waals surface area contributed by atoms with Gasteiger partial charge >= 0.3 is 5.97 Å². The second-order valence-electron chi connectivity index (χ2n) is 9.51. The lowest BCUT2D eigenvalue weighted by Gasteiger charge is -2.36. The molecule has 2 aliphatic rings. The number of esters is 1. The van der Waals surface area contributed by atoms with Gasteiger partial charge in [0.15, 0.2) is 5.11 Å². The highest BCUT2D eigenvalue weighted by molar-refractivity contribution is 7.80. The number of benzene rings is 1. The van der Waals surface area contributed by atoms with E-state index in [0.717, 1.165) is 42.7 Å². The summed E-state index contributed by atoms with van der Waals surface area (Å²) >= 11 is 15.0. The Labute approximate surface area is 243 Å². The van der Waals surface area contributed by atoms with Crippen molar-refractivity contribution in [2.45, 2.75) is 38.5 Å². The van der Waals surface area contributed by atoms with Crippen molar-refractivity contribution in [3.8, 4) is 0 Å². The molecular weight excluding hydrogens is 580 g/mol. The second kappa shape index (κ2) is 11.7. The Hall–Kier alpha value is -2.80. The number of methoxy groups -OCH3 is 1. The monoisotopic (exact) mass is 606 g/mol. The maximum atomic E-state index is 13.3. The molecule has 3 aromatic rings. The number of nitro groups is 1. The molecule has 3 heterocycles. The number of thiocarbonyl (C=S) groups is 1. The van der Waals surface area contributed by atoms with Gasteiger partial charge in [-0.25, -0.2) is 4.79 Å². The van der Waals surface area contributed by atoms with Crippen LogP contribution in [0.15, 0.2) is 18.2 Å². The van der Waals surface area contributed by atoms with Gasteiger partial charge in [-0.15, -0.1) is 22.7 Å². The van der Waals surface area contributed by atoms with E-state index in [1.807, 2.05) is 4.90 Å². The molecule has 0 saturated carbocycles. The molecule has 9 nitrogen and oxygen atoms in total. The Bertz CT molecular complexity index is 1460. The van der Waals surface area contributed by atoms with Crippen molar-refractivity contribution in [2.75, 3.05) is 38.6 Å². The van der Waals surface area contributed by atoms with Crippen LogP contribution in [0.3, 0.4) is 0 Å². The van der Waals surface area contributed by atoms with Gasteiger partial charge in [0.05, 0.1) is 22.6 Å². The highest BCUT2D eigenvalue weighted by Crippen LogP contribution is 2.39. The molecule has 0 atom stereocenters. The van der Waals surface area contributed by atoms with Crippen LogP contribution < -0.4 is 5.32 Å². The molecule has 39 heavy (non-hydrogen) atoms. The fourth-order valence-electron chi connectivity index (χ4n) is 5.06. The first-order valence-electron chi connectivity index (χ1n) is 12.7. The van der Waals surface area contributed by atoms with Crippen LogP contribution in [0.4, 0.5) is 10.7 Å². The van der Waals surface area contributed by atoms with Crippen molar-refractivity contribution in [1.29, 1.82) is 0 Å². The van der Waals surface area contributed by atoms with Gasteiger partial charge in [-0.3, -0.25) is 14.9 Å². The average Bonchev–Trinajstić information content (AvgIpc) is 3.43. The van der Waals surface area contributed by atoms with Crippen LogP contribution in [0.2, 0.25) is 5.02 Å². The lowest BCUT2D eigenvalue weighted by Crippen LogP contribution is -2.51. The average molecular weight is 607 g/mol. The van der Waals surface area contributed by atoms with E-state index in [2.05, 4.69) is 5.32 Å². The molecule has 1 saturated heterocycles. The van der Waals surface area contributed by atoms with Gasteiger partial charge in [0.25, 0.3) is 11.6 Å². The van der Waals surface area contributed by atoms with Crippen LogP contribution in [-0.2, 0) is 17.6 Å². The number of halogens is 1. The summed E-state index contributed by atoms with van der Waals surface area (Å²) < 4.78 is 5.72. The van der Waals surface area contributed by atoms with Crippen molar-refractivity contribution >= 4 is 84.3 Å². The summed E-state index contributed by atoms with van der Waals surface area (Å²) in [5, 5.41) is 16.6. The first-order valence-corrected chi connectivity index (χ1v) is 15.1. The lowest BCUT2D eigenvalue weighted by atomic mass is 9.96. The molecule has 1 aromatic carbocycles. The van der Waals surface area contributed by atoms with Gasteiger partial charge in [-0.05, 0) is 49.5 Å². The second-order valence-corrected chi connectivity index (χ2v) is 12.4. The molecule has 1 aliphatic carbocycles. The van der Waals surface area contributed by atoms with Crippen LogP contribution in [0.5, 0.6) is 0 Å². The molecular formula is C26H27ClN4O5S3. The zero-order chi connectivity index (χ0) is 27.7. The number of fused-ring (bicyclic) bond motifs is 2. The van der Waals surface area contributed by atoms with Gasteiger partial charge in [-0.1, -0.05) is 24.4 Å². The van der Waals surface area contributed by atoms with E-state index >= 15 is 0 Å². The number of amides is 1. The number of anilines is 1. The van der Waals surface area contributed by atoms with Crippen LogP contribution in [-0.4, -0.2) is 65.0 Å². The normalized spacial score (nSPS) is 15.8. The van der Waals surface area contributed by atoms with Crippen molar-refractivity contribution in [3.63, 3.8) is 0 Å². The molecule has 1 aliphatic heterocycles. The Morgan fingerprint density at radius 1 is 1.08 bits per heavy atom. The van der Waals surface area contributed by atoms with E-state index in [4.69, 9.17) is 28.6 Å². The Morgan fingerprint density at radius 2 is 1.77 bits per heavy atom. The number of hydrogen-bond acceptors (Lipinski definition) is 8. The number of carbonyl (C=O) groups is 2. The van der Waals surface area contributed by atoms with Crippen molar-refractivity contribution < 1.29 is 19.2 Å². The number of hydrogen-bond donors (Lipinski definition) is 1. The lowest BCUT2D eigenvalue weighted by molar-refractivity contribution is -0.384. The predicted molar refractivity (Wildman–Crippen MR) is 159 cm³/mol. The molecule has 206 valence electrons. The summed E-state index contributed by atoms with van der Waals surface area (Å²) in [6, 6.07) is 4.42. The van der Waals surface area contributed by atoms with Crippen molar-refractivity contribution in [2.24, 2.45) is 0 Å². The summed E-state index contributed by atoms with van der Waals surface area (Å²) in [4.78, 5) is 42.0. The summed E-state index contributed by atoms with van der Waals surface area (Å²) in [6.07, 6.45) is 6.32. The fraction of sp³-hybridized carbons (Fsp3) is 0.423. The van der Waals surface area contributed by atoms with E-state index < -0.39 is 4.92 Å². The zero-order valence-electron chi connectivity index (χ0n) is 21.3. The number of piperazine rings is 1. The number of rotatable bonds is 4. The van der Waals surface area contributed by atoms with Crippen LogP contribution in [0, 0.1) is 10.1 Å². The van der Waals surface area contributed by atoms with Gasteiger partial charge in [0.1, 0.15) is 9.88 Å². The number of thiophene rings is 2. The minimum absolute atomic E-state index is 0.0397. The number of ether oxygens (including phenoxy) is 1. The molecule has 0 bridgehead atoms. The molecule has 0 unspecified atom stereocenters. The zero-order valence-corrected chi connectivity index (χ0v) is 24.5. The van der Waals surface area contributed by atoms with Crippen LogP contribution in [0.25, 0.3) is 10.1 Å². The molecule has 13 heteroatoms. The Kier molecular flexibility index (Phi) is 8.36. The molecule has 0 spiro atoms. The number of nitro benzene ring substituents is 1. The maximum absolute atomic E-state index is 13.3. The van der Waals surface area contributed by atoms with Gasteiger partial charge < -0.3 is 19.9 Å². The summed E-state index contributed by atoms with van der Waals surface area (Å²) in [7, 11) is 1.40. The molecule has 1 fully saturated rings. The third-order valence-corrected chi connectivity index (χ3v) is 10.4. The number of carbonyl (C=O) groups excluding carboxylic acids is 2. The highest BCUT2D eigenvalue weighted by atomic mass is 35.5. The summed E-state index contributed by atoms with van der Waals surface area (Å²) in [5.41, 5.74) is 1.63. The minimum atomic E-state index is -0.465. The molecule has 5 rings (SSSR count). The first-order chi connectivity index (χ1) is 18.8. The van der Waals surface area contributed by atoms with E-state index in [0.29, 0.717) is 56.8 Å². The smallest absolute Gasteiger partial charge is 0.341 e. The van der Waals surface area contributed by atoms with Crippen molar-refractivity contribution in [1.82, 2.24) is 9.80 Å². The molecule has 0 radical (unpaired) electrons. The Balaban J connectivity index is 1.27. The quantitative estimate of drug-likeness (QED) is 0.164. The predicted octanol–water partition coefficient (Wildman–Crippen LogP) is 6.12. The maximum Gasteiger partial charge on any atom is 0.341 e. The fourth-order valence-corrected chi connectivity index (χ4v) is 8.20. The summed E-state index contributed by atoms with van der Waals surface area (Å²) in [5.74, 6) is -0.548. The topological polar surface area (TPSA) is 105 Å². The number of nitrogens with zero attached hydrogens (tertiary/aromatic N) is 3. The highest BCUT2D eigenvalue weighted by Gasteiger charge is 2.29. The standard InChI is InChI=1S/C26H27ClN4O5S3/c1-36-25(33)20-16-6-4-2-3-5-7-18(16)39-23(20)28-26(37)30-12-10-29(11-13-30)24(32)22-21(27)17-9-8-15(31(34)35)14-19(17)38-22/h8-9,14H,2-7,10-13H2,1H3,(H,28,37). The van der Waals surface area contributed by atoms with Crippen LogP contribution in [0.1, 0.15) is 56.2 Å². The van der Waals surface area contributed by atoms with E-state index in [1.54, 1.807) is 22.3 Å². The largest absolute Gasteiger partial charge is 0.465 e. The number of aryl methyl sites for hydroxylation is 1. The molecule has 1 amide bonds. The van der Waals surface area contributed by atoms with Gasteiger partial charge in [0.2, 0.25) is 0 Å². The first kappa shape index (κ1) is 27.8. The summed E-state index contributed by atoms with van der Waals surface area (Å²) in [6.45, 7) is 1.92.